The number of hydrogen-bond acceptors (Lipinski definition) is 5. The summed E-state index contributed by atoms with van der Waals surface area (Å²) >= 11 is 0. The van der Waals surface area contributed by atoms with Crippen molar-refractivity contribution in [3.05, 3.63) is 53.9 Å². The van der Waals surface area contributed by atoms with Crippen LogP contribution in [0.2, 0.25) is 0 Å². The molecule has 2 amide bonds. The lowest BCUT2D eigenvalue weighted by molar-refractivity contribution is -0.139. The molecule has 6 rings (SSSR count). The first-order valence-electron chi connectivity index (χ1n) is 13.6. The fraction of sp³-hybridized carbons (Fsp3) is 0.552. The molecule has 1 aromatic carbocycles. The minimum absolute atomic E-state index is 0.0113. The lowest BCUT2D eigenvalue weighted by Crippen LogP contribution is -2.51. The zero-order valence-electron chi connectivity index (χ0n) is 20.9. The Morgan fingerprint density at radius 1 is 1.03 bits per heavy atom. The Morgan fingerprint density at radius 3 is 2.47 bits per heavy atom. The number of aliphatic hydroxyl groups excluding tert-OH is 1. The van der Waals surface area contributed by atoms with E-state index in [1.54, 1.807) is 0 Å². The van der Waals surface area contributed by atoms with Gasteiger partial charge in [0.05, 0.1) is 11.8 Å². The molecule has 2 aliphatic heterocycles. The van der Waals surface area contributed by atoms with Gasteiger partial charge in [-0.05, 0) is 55.9 Å². The zero-order valence-corrected chi connectivity index (χ0v) is 20.9. The van der Waals surface area contributed by atoms with Gasteiger partial charge in [0.25, 0.3) is 5.91 Å². The van der Waals surface area contributed by atoms with Crippen molar-refractivity contribution in [3.8, 4) is 11.1 Å². The van der Waals surface area contributed by atoms with Crippen LogP contribution in [0.4, 0.5) is 0 Å². The fourth-order valence-electron chi connectivity index (χ4n) is 6.43. The number of benzene rings is 1. The summed E-state index contributed by atoms with van der Waals surface area (Å²) in [6, 6.07) is 12.4. The molecule has 1 aromatic heterocycles. The summed E-state index contributed by atoms with van der Waals surface area (Å²) in [5.74, 6) is 0.205. The third-order valence-electron chi connectivity index (χ3n) is 8.62. The van der Waals surface area contributed by atoms with Crippen LogP contribution in [0.3, 0.4) is 0 Å². The van der Waals surface area contributed by atoms with Crippen LogP contribution >= 0.6 is 0 Å². The summed E-state index contributed by atoms with van der Waals surface area (Å²) in [5, 5.41) is 13.6. The number of aromatic nitrogens is 1. The smallest absolute Gasteiger partial charge is 0.251 e. The van der Waals surface area contributed by atoms with E-state index in [0.29, 0.717) is 37.2 Å². The molecule has 0 bridgehead atoms. The second-order valence-corrected chi connectivity index (χ2v) is 11.2. The van der Waals surface area contributed by atoms with E-state index in [9.17, 15) is 14.7 Å². The first-order valence-corrected chi connectivity index (χ1v) is 13.6. The van der Waals surface area contributed by atoms with Crippen molar-refractivity contribution in [2.45, 2.75) is 88.1 Å². The van der Waals surface area contributed by atoms with Crippen LogP contribution in [0, 0.1) is 0 Å². The van der Waals surface area contributed by atoms with E-state index in [4.69, 9.17) is 4.98 Å². The van der Waals surface area contributed by atoms with Crippen molar-refractivity contribution in [1.29, 1.82) is 0 Å². The van der Waals surface area contributed by atoms with Gasteiger partial charge in [0, 0.05) is 55.5 Å². The second kappa shape index (κ2) is 9.60. The Balaban J connectivity index is 1.13. The Kier molecular flexibility index (Phi) is 6.30. The SMILES string of the molecule is O=C(NC1CC1)c1ccc(-c2ccc(CN3C[C@H](O)CC34CCN(C3CCCCC3)C4=O)nc2)cc1. The van der Waals surface area contributed by atoms with Gasteiger partial charge in [0.15, 0.2) is 0 Å². The molecule has 2 atom stereocenters. The summed E-state index contributed by atoms with van der Waals surface area (Å²) in [4.78, 5) is 34.9. The number of nitrogens with zero attached hydrogens (tertiary/aromatic N) is 3. The molecule has 36 heavy (non-hydrogen) atoms. The van der Waals surface area contributed by atoms with Gasteiger partial charge in [-0.2, -0.15) is 0 Å². The molecule has 7 nitrogen and oxygen atoms in total. The van der Waals surface area contributed by atoms with Crippen LogP contribution in [0.25, 0.3) is 11.1 Å². The van der Waals surface area contributed by atoms with Crippen LogP contribution in [-0.4, -0.2) is 68.5 Å². The normalized spacial score (nSPS) is 27.2. The number of amides is 2. The van der Waals surface area contributed by atoms with Crippen molar-refractivity contribution in [2.24, 2.45) is 0 Å². The van der Waals surface area contributed by atoms with E-state index in [1.807, 2.05) is 42.6 Å². The number of carbonyl (C=O) groups excluding carboxylic acids is 2. The number of β-amino-alcohol motifs (C(OH)–C–C–N with tert-alkyl or cyclic N) is 1. The highest BCUT2D eigenvalue weighted by Gasteiger charge is 2.56. The van der Waals surface area contributed by atoms with E-state index in [0.717, 1.165) is 55.5 Å². The number of nitrogens with one attached hydrogen (secondary N) is 1. The zero-order chi connectivity index (χ0) is 24.7. The summed E-state index contributed by atoms with van der Waals surface area (Å²) in [6.07, 6.45) is 10.8. The van der Waals surface area contributed by atoms with Crippen molar-refractivity contribution in [2.75, 3.05) is 13.1 Å². The average molecular weight is 489 g/mol. The first kappa shape index (κ1) is 23.6. The highest BCUT2D eigenvalue weighted by atomic mass is 16.3. The number of pyridine rings is 1. The maximum Gasteiger partial charge on any atom is 0.251 e. The van der Waals surface area contributed by atoms with Gasteiger partial charge in [0.1, 0.15) is 5.54 Å². The molecule has 2 aromatic rings. The monoisotopic (exact) mass is 488 g/mol. The highest BCUT2D eigenvalue weighted by molar-refractivity contribution is 5.95. The number of rotatable bonds is 6. The predicted octanol–water partition coefficient (Wildman–Crippen LogP) is 3.51. The average Bonchev–Trinajstić information content (AvgIpc) is 3.58. The quantitative estimate of drug-likeness (QED) is 0.650. The third-order valence-corrected chi connectivity index (χ3v) is 8.62. The molecule has 4 fully saturated rings. The van der Waals surface area contributed by atoms with Gasteiger partial charge in [-0.15, -0.1) is 0 Å². The largest absolute Gasteiger partial charge is 0.392 e. The number of likely N-dealkylation sites (tertiary alicyclic amines) is 2. The topological polar surface area (TPSA) is 85.8 Å². The van der Waals surface area contributed by atoms with Gasteiger partial charge in [-0.3, -0.25) is 19.5 Å². The molecular formula is C29H36N4O3. The number of hydrogen-bond donors (Lipinski definition) is 2. The second-order valence-electron chi connectivity index (χ2n) is 11.2. The summed E-state index contributed by atoms with van der Waals surface area (Å²) in [7, 11) is 0. The molecule has 3 heterocycles. The molecule has 190 valence electrons. The maximum absolute atomic E-state index is 13.7. The van der Waals surface area contributed by atoms with Crippen molar-refractivity contribution >= 4 is 11.8 Å². The van der Waals surface area contributed by atoms with Crippen molar-refractivity contribution in [1.82, 2.24) is 20.1 Å². The molecular weight excluding hydrogens is 452 g/mol. The van der Waals surface area contributed by atoms with Crippen molar-refractivity contribution < 1.29 is 14.7 Å². The standard InChI is InChI=1S/C29H36N4O3/c34-26-16-29(14-15-33(28(29)36)25-4-2-1-3-5-25)32(19-26)18-24-11-10-22(17-30-24)20-6-8-21(9-7-20)27(35)31-23-12-13-23/h6-11,17,23,25-26,34H,1-5,12-16,18-19H2,(H,31,35)/t26-,29?/m1/s1. The number of aliphatic hydroxyl groups is 1. The Labute approximate surface area is 212 Å². The Hall–Kier alpha value is -2.77. The molecule has 4 aliphatic rings. The maximum atomic E-state index is 13.7. The molecule has 2 saturated carbocycles. The summed E-state index contributed by atoms with van der Waals surface area (Å²) < 4.78 is 0. The lowest BCUT2D eigenvalue weighted by atomic mass is 9.92. The molecule has 1 spiro atoms. The fourth-order valence-corrected chi connectivity index (χ4v) is 6.43. The molecule has 7 heteroatoms. The van der Waals surface area contributed by atoms with Gasteiger partial charge < -0.3 is 15.3 Å². The van der Waals surface area contributed by atoms with Gasteiger partial charge in [0.2, 0.25) is 5.91 Å². The van der Waals surface area contributed by atoms with Gasteiger partial charge in [-0.1, -0.05) is 37.5 Å². The van der Waals surface area contributed by atoms with Crippen LogP contribution in [0.15, 0.2) is 42.6 Å². The van der Waals surface area contributed by atoms with Gasteiger partial charge >= 0.3 is 0 Å². The molecule has 2 aliphatic carbocycles. The molecule has 1 unspecified atom stereocenters. The van der Waals surface area contributed by atoms with E-state index < -0.39 is 11.6 Å². The third kappa shape index (κ3) is 4.55. The Bertz CT molecular complexity index is 1110. The van der Waals surface area contributed by atoms with Crippen LogP contribution in [-0.2, 0) is 11.3 Å². The van der Waals surface area contributed by atoms with Crippen LogP contribution < -0.4 is 5.32 Å². The lowest BCUT2D eigenvalue weighted by Gasteiger charge is -2.36. The first-order chi connectivity index (χ1) is 17.5. The minimum Gasteiger partial charge on any atom is -0.392 e. The minimum atomic E-state index is -0.589. The molecule has 0 radical (unpaired) electrons. The van der Waals surface area contributed by atoms with Crippen molar-refractivity contribution in [3.63, 3.8) is 0 Å². The molecule has 2 N–H and O–H groups in total. The Morgan fingerprint density at radius 2 is 1.78 bits per heavy atom. The van der Waals surface area contributed by atoms with Crippen LogP contribution in [0.5, 0.6) is 0 Å². The summed E-state index contributed by atoms with van der Waals surface area (Å²) in [6.45, 7) is 1.87. The van der Waals surface area contributed by atoms with E-state index in [1.165, 1.54) is 19.3 Å². The predicted molar refractivity (Wildman–Crippen MR) is 137 cm³/mol. The summed E-state index contributed by atoms with van der Waals surface area (Å²) in [5.41, 5.74) is 2.99. The molecule has 2 saturated heterocycles. The number of carbonyl (C=O) groups is 2. The van der Waals surface area contributed by atoms with Gasteiger partial charge in [-0.25, -0.2) is 0 Å². The van der Waals surface area contributed by atoms with Crippen LogP contribution in [0.1, 0.15) is 73.8 Å². The highest BCUT2D eigenvalue weighted by Crippen LogP contribution is 2.42. The van der Waals surface area contributed by atoms with E-state index in [2.05, 4.69) is 15.1 Å². The van der Waals surface area contributed by atoms with E-state index >= 15 is 0 Å². The van der Waals surface area contributed by atoms with E-state index in [-0.39, 0.29) is 11.8 Å².